The molecule has 0 unspecified atom stereocenters. The van der Waals surface area contributed by atoms with Crippen molar-refractivity contribution >= 4 is 11.6 Å². The van der Waals surface area contributed by atoms with Gasteiger partial charge in [0.05, 0.1) is 13.7 Å². The molecule has 0 radical (unpaired) electrons. The highest BCUT2D eigenvalue weighted by molar-refractivity contribution is 5.81. The van der Waals surface area contributed by atoms with Gasteiger partial charge >= 0.3 is 0 Å². The second kappa shape index (κ2) is 7.50. The van der Waals surface area contributed by atoms with Crippen LogP contribution in [0.15, 0.2) is 30.7 Å². The normalized spacial score (nSPS) is 12.6. The van der Waals surface area contributed by atoms with E-state index in [2.05, 4.69) is 25.5 Å². The van der Waals surface area contributed by atoms with Crippen LogP contribution in [0.1, 0.15) is 22.4 Å². The number of aryl methyl sites for hydroxylation is 2. The molecule has 0 bridgehead atoms. The van der Waals surface area contributed by atoms with Gasteiger partial charge in [-0.15, -0.1) is 10.2 Å². The molecule has 0 atom stereocenters. The van der Waals surface area contributed by atoms with E-state index < -0.39 is 0 Å². The van der Waals surface area contributed by atoms with Crippen molar-refractivity contribution in [3.05, 3.63) is 58.9 Å². The van der Waals surface area contributed by atoms with Gasteiger partial charge in [0.1, 0.15) is 17.9 Å². The first-order valence-electron chi connectivity index (χ1n) is 9.95. The van der Waals surface area contributed by atoms with E-state index in [9.17, 15) is 4.39 Å². The SMILES string of the molecule is COc1cc(C)c(-c2cnc(NCc3c(F)ccc4c3CCO4)n3cnnc23)c(C)n1. The monoisotopic (exact) mass is 420 g/mol. The Bertz CT molecular complexity index is 1280. The number of anilines is 1. The fourth-order valence-corrected chi connectivity index (χ4v) is 4.11. The van der Waals surface area contributed by atoms with Gasteiger partial charge in [-0.2, -0.15) is 0 Å². The average molecular weight is 420 g/mol. The average Bonchev–Trinajstić information content (AvgIpc) is 3.43. The first-order chi connectivity index (χ1) is 15.1. The Labute approximate surface area is 178 Å². The molecule has 9 heteroatoms. The number of pyridine rings is 1. The molecule has 1 aliphatic heterocycles. The summed E-state index contributed by atoms with van der Waals surface area (Å²) in [5, 5.41) is 11.6. The highest BCUT2D eigenvalue weighted by Gasteiger charge is 2.21. The summed E-state index contributed by atoms with van der Waals surface area (Å²) in [5.74, 6) is 1.57. The van der Waals surface area contributed by atoms with E-state index in [4.69, 9.17) is 9.47 Å². The summed E-state index contributed by atoms with van der Waals surface area (Å²) in [6.07, 6.45) is 4.02. The zero-order chi connectivity index (χ0) is 21.5. The van der Waals surface area contributed by atoms with E-state index in [0.29, 0.717) is 36.1 Å². The maximum absolute atomic E-state index is 14.5. The lowest BCUT2D eigenvalue weighted by Crippen LogP contribution is -2.10. The van der Waals surface area contributed by atoms with E-state index in [0.717, 1.165) is 33.7 Å². The minimum absolute atomic E-state index is 0.260. The molecule has 1 aliphatic rings. The summed E-state index contributed by atoms with van der Waals surface area (Å²) in [7, 11) is 1.59. The molecule has 158 valence electrons. The van der Waals surface area contributed by atoms with Gasteiger partial charge in [-0.05, 0) is 31.5 Å². The summed E-state index contributed by atoms with van der Waals surface area (Å²) in [6, 6.07) is 5.00. The fourth-order valence-electron chi connectivity index (χ4n) is 4.11. The van der Waals surface area contributed by atoms with Crippen molar-refractivity contribution in [1.29, 1.82) is 0 Å². The summed E-state index contributed by atoms with van der Waals surface area (Å²) in [6.45, 7) is 4.76. The number of rotatable bonds is 5. The maximum atomic E-state index is 14.5. The van der Waals surface area contributed by atoms with Crippen LogP contribution < -0.4 is 14.8 Å². The van der Waals surface area contributed by atoms with Gasteiger partial charge in [0, 0.05) is 53.2 Å². The number of hydrogen-bond donors (Lipinski definition) is 1. The molecule has 1 aromatic carbocycles. The van der Waals surface area contributed by atoms with Crippen molar-refractivity contribution in [3.8, 4) is 22.8 Å². The molecule has 5 rings (SSSR count). The Kier molecular flexibility index (Phi) is 4.65. The molecule has 0 saturated carbocycles. The van der Waals surface area contributed by atoms with E-state index in [1.807, 2.05) is 19.9 Å². The van der Waals surface area contributed by atoms with E-state index in [1.54, 1.807) is 30.1 Å². The Morgan fingerprint density at radius 2 is 2.16 bits per heavy atom. The number of nitrogens with one attached hydrogen (secondary N) is 1. The van der Waals surface area contributed by atoms with Crippen LogP contribution in [0.3, 0.4) is 0 Å². The molecule has 1 N–H and O–H groups in total. The predicted molar refractivity (Wildman–Crippen MR) is 113 cm³/mol. The minimum atomic E-state index is -0.260. The Morgan fingerprint density at radius 3 is 2.97 bits per heavy atom. The van der Waals surface area contributed by atoms with Crippen molar-refractivity contribution in [2.75, 3.05) is 19.0 Å². The zero-order valence-electron chi connectivity index (χ0n) is 17.4. The van der Waals surface area contributed by atoms with Crippen LogP contribution in [0.25, 0.3) is 16.8 Å². The van der Waals surface area contributed by atoms with Gasteiger partial charge in [0.2, 0.25) is 11.8 Å². The maximum Gasteiger partial charge on any atom is 0.213 e. The molecule has 3 aromatic heterocycles. The summed E-state index contributed by atoms with van der Waals surface area (Å²) >= 11 is 0. The quantitative estimate of drug-likeness (QED) is 0.529. The van der Waals surface area contributed by atoms with Gasteiger partial charge in [0.15, 0.2) is 5.65 Å². The number of fused-ring (bicyclic) bond motifs is 2. The third kappa shape index (κ3) is 3.22. The van der Waals surface area contributed by atoms with Crippen LogP contribution in [-0.4, -0.2) is 38.3 Å². The van der Waals surface area contributed by atoms with Crippen molar-refractivity contribution in [1.82, 2.24) is 24.6 Å². The van der Waals surface area contributed by atoms with Crippen LogP contribution in [-0.2, 0) is 13.0 Å². The van der Waals surface area contributed by atoms with E-state index in [1.165, 1.54) is 6.07 Å². The molecule has 0 amide bonds. The fraction of sp³-hybridized carbons (Fsp3) is 0.273. The number of ether oxygens (including phenoxy) is 2. The van der Waals surface area contributed by atoms with Gasteiger partial charge < -0.3 is 14.8 Å². The molecule has 0 aliphatic carbocycles. The van der Waals surface area contributed by atoms with Gasteiger partial charge in [-0.1, -0.05) is 0 Å². The van der Waals surface area contributed by atoms with E-state index >= 15 is 0 Å². The Hall–Kier alpha value is -3.75. The van der Waals surface area contributed by atoms with Crippen LogP contribution in [0, 0.1) is 19.7 Å². The molecule has 0 spiro atoms. The van der Waals surface area contributed by atoms with Crippen molar-refractivity contribution < 1.29 is 13.9 Å². The van der Waals surface area contributed by atoms with Crippen LogP contribution in [0.2, 0.25) is 0 Å². The van der Waals surface area contributed by atoms with Crippen LogP contribution in [0.4, 0.5) is 10.3 Å². The molecule has 0 saturated heterocycles. The van der Waals surface area contributed by atoms with Crippen molar-refractivity contribution in [3.63, 3.8) is 0 Å². The lowest BCUT2D eigenvalue weighted by atomic mass is 10.0. The number of hydrogen-bond acceptors (Lipinski definition) is 7. The number of halogens is 1. The lowest BCUT2D eigenvalue weighted by Gasteiger charge is -2.14. The molecule has 0 fully saturated rings. The lowest BCUT2D eigenvalue weighted by molar-refractivity contribution is 0.356. The molecular formula is C22H21FN6O2. The number of nitrogens with zero attached hydrogens (tertiary/aromatic N) is 5. The van der Waals surface area contributed by atoms with Crippen LogP contribution in [0.5, 0.6) is 11.6 Å². The molecular weight excluding hydrogens is 399 g/mol. The first-order valence-corrected chi connectivity index (χ1v) is 9.95. The Balaban J connectivity index is 1.52. The highest BCUT2D eigenvalue weighted by Crippen LogP contribution is 2.33. The molecule has 31 heavy (non-hydrogen) atoms. The van der Waals surface area contributed by atoms with Gasteiger partial charge in [0.25, 0.3) is 0 Å². The summed E-state index contributed by atoms with van der Waals surface area (Å²) in [5.41, 5.74) is 5.69. The third-order valence-corrected chi connectivity index (χ3v) is 5.55. The highest BCUT2D eigenvalue weighted by atomic mass is 19.1. The first kappa shape index (κ1) is 19.2. The number of methoxy groups -OCH3 is 1. The van der Waals surface area contributed by atoms with Crippen molar-refractivity contribution in [2.45, 2.75) is 26.8 Å². The largest absolute Gasteiger partial charge is 0.493 e. The number of benzene rings is 1. The molecule has 4 heterocycles. The standard InChI is InChI=1S/C22H21FN6O2/c1-12-8-19(30-3)27-13(2)20(12)16-10-25-22(29-11-26-28-21(16)29)24-9-15-14-6-7-31-18(14)5-4-17(15)23/h4-5,8,10-11H,6-7,9H2,1-3H3,(H,24,25). The third-order valence-electron chi connectivity index (χ3n) is 5.55. The Morgan fingerprint density at radius 1 is 1.29 bits per heavy atom. The zero-order valence-corrected chi connectivity index (χ0v) is 17.4. The van der Waals surface area contributed by atoms with Crippen molar-refractivity contribution in [2.24, 2.45) is 0 Å². The smallest absolute Gasteiger partial charge is 0.213 e. The van der Waals surface area contributed by atoms with Gasteiger partial charge in [-0.25, -0.2) is 14.4 Å². The predicted octanol–water partition coefficient (Wildman–Crippen LogP) is 3.50. The second-order valence-electron chi connectivity index (χ2n) is 7.42. The minimum Gasteiger partial charge on any atom is -0.493 e. The molecule has 4 aromatic rings. The molecule has 8 nitrogen and oxygen atoms in total. The summed E-state index contributed by atoms with van der Waals surface area (Å²) < 4.78 is 27.1. The van der Waals surface area contributed by atoms with Crippen LogP contribution >= 0.6 is 0 Å². The second-order valence-corrected chi connectivity index (χ2v) is 7.42. The van der Waals surface area contributed by atoms with E-state index in [-0.39, 0.29) is 12.4 Å². The topological polar surface area (TPSA) is 86.5 Å². The van der Waals surface area contributed by atoms with Gasteiger partial charge in [-0.3, -0.25) is 4.40 Å². The number of aromatic nitrogens is 5. The summed E-state index contributed by atoms with van der Waals surface area (Å²) in [4.78, 5) is 9.06.